The molecule has 6 heteroatoms. The lowest BCUT2D eigenvalue weighted by atomic mass is 10.1. The van der Waals surface area contributed by atoms with Gasteiger partial charge < -0.3 is 10.2 Å². The summed E-state index contributed by atoms with van der Waals surface area (Å²) >= 11 is 6.40. The molecule has 1 saturated heterocycles. The zero-order valence-electron chi connectivity index (χ0n) is 14.4. The highest BCUT2D eigenvalue weighted by Crippen LogP contribution is 2.30. The predicted octanol–water partition coefficient (Wildman–Crippen LogP) is 5.02. The molecular weight excluding hydrogens is 351 g/mol. The van der Waals surface area contributed by atoms with E-state index in [0.29, 0.717) is 17.5 Å². The smallest absolute Gasteiger partial charge is 0.227 e. The van der Waals surface area contributed by atoms with Gasteiger partial charge in [0.15, 0.2) is 0 Å². The van der Waals surface area contributed by atoms with Crippen LogP contribution in [0.1, 0.15) is 24.8 Å². The normalized spacial score (nSPS) is 14.6. The van der Waals surface area contributed by atoms with Gasteiger partial charge >= 0.3 is 0 Å². The number of piperidine rings is 1. The quantitative estimate of drug-likeness (QED) is 0.699. The lowest BCUT2D eigenvalue weighted by Gasteiger charge is -2.27. The number of rotatable bonds is 4. The first-order valence-corrected chi connectivity index (χ1v) is 9.28. The molecule has 1 aliphatic rings. The maximum absolute atomic E-state index is 13.1. The number of nitrogens with one attached hydrogen (secondary N) is 1. The summed E-state index contributed by atoms with van der Waals surface area (Å²) in [7, 11) is 0. The largest absolute Gasteiger partial charge is 0.365 e. The van der Waals surface area contributed by atoms with Crippen LogP contribution in [0.2, 0.25) is 5.02 Å². The monoisotopic (exact) mass is 370 g/mol. The Morgan fingerprint density at radius 1 is 1.00 bits per heavy atom. The number of para-hydroxylation sites is 1. The fourth-order valence-corrected chi connectivity index (χ4v) is 3.48. The Morgan fingerprint density at radius 2 is 1.77 bits per heavy atom. The lowest BCUT2D eigenvalue weighted by molar-refractivity contribution is 0.569. The summed E-state index contributed by atoms with van der Waals surface area (Å²) in [6.07, 6.45) is 3.56. The molecule has 0 atom stereocenters. The average molecular weight is 371 g/mol. The van der Waals surface area contributed by atoms with Gasteiger partial charge in [-0.05, 0) is 49.1 Å². The van der Waals surface area contributed by atoms with Gasteiger partial charge in [0.1, 0.15) is 11.6 Å². The fraction of sp³-hybridized carbons (Fsp3) is 0.300. The molecule has 1 fully saturated rings. The Bertz CT molecular complexity index is 908. The standard InChI is InChI=1S/C20H20ClFN4/c21-17-6-4-5-16-18(17)24-20(26-11-2-1-3-12-26)25-19(16)23-13-14-7-9-15(22)10-8-14/h4-10H,1-3,11-13H2,(H,23,24,25). The van der Waals surface area contributed by atoms with Crippen molar-refractivity contribution in [2.45, 2.75) is 25.8 Å². The number of benzene rings is 2. The molecule has 134 valence electrons. The second kappa shape index (κ2) is 7.46. The van der Waals surface area contributed by atoms with Gasteiger partial charge in [0.25, 0.3) is 0 Å². The summed E-state index contributed by atoms with van der Waals surface area (Å²) in [6.45, 7) is 2.49. The molecule has 0 spiro atoms. The second-order valence-corrected chi connectivity index (χ2v) is 6.94. The minimum atomic E-state index is -0.236. The van der Waals surface area contributed by atoms with E-state index in [0.717, 1.165) is 48.2 Å². The van der Waals surface area contributed by atoms with Crippen LogP contribution in [0.15, 0.2) is 42.5 Å². The van der Waals surface area contributed by atoms with Crippen LogP contribution in [0.3, 0.4) is 0 Å². The number of anilines is 2. The van der Waals surface area contributed by atoms with Gasteiger partial charge in [-0.25, -0.2) is 9.37 Å². The first-order chi connectivity index (χ1) is 12.7. The Labute approximate surface area is 157 Å². The molecule has 0 radical (unpaired) electrons. The van der Waals surface area contributed by atoms with Gasteiger partial charge in [0.2, 0.25) is 5.95 Å². The SMILES string of the molecule is Fc1ccc(CNc2nc(N3CCCCC3)nc3c(Cl)cccc23)cc1. The van der Waals surface area contributed by atoms with Crippen molar-refractivity contribution in [1.82, 2.24) is 9.97 Å². The summed E-state index contributed by atoms with van der Waals surface area (Å²) in [4.78, 5) is 11.7. The molecule has 26 heavy (non-hydrogen) atoms. The molecular formula is C20H20ClFN4. The van der Waals surface area contributed by atoms with Crippen LogP contribution in [0.5, 0.6) is 0 Å². The molecule has 0 aliphatic carbocycles. The first kappa shape index (κ1) is 17.0. The zero-order chi connectivity index (χ0) is 17.9. The van der Waals surface area contributed by atoms with Crippen LogP contribution >= 0.6 is 11.6 Å². The van der Waals surface area contributed by atoms with E-state index in [1.165, 1.54) is 18.6 Å². The van der Waals surface area contributed by atoms with Crippen LogP contribution in [-0.4, -0.2) is 23.1 Å². The fourth-order valence-electron chi connectivity index (χ4n) is 3.26. The van der Waals surface area contributed by atoms with Crippen LogP contribution in [0.4, 0.5) is 16.2 Å². The van der Waals surface area contributed by atoms with Gasteiger partial charge in [-0.2, -0.15) is 4.98 Å². The Morgan fingerprint density at radius 3 is 2.54 bits per heavy atom. The summed E-state index contributed by atoms with van der Waals surface area (Å²) in [5.41, 5.74) is 1.74. The molecule has 3 aromatic rings. The van der Waals surface area contributed by atoms with Crippen molar-refractivity contribution in [3.8, 4) is 0 Å². The number of hydrogen-bond donors (Lipinski definition) is 1. The average Bonchev–Trinajstić information content (AvgIpc) is 2.68. The molecule has 0 unspecified atom stereocenters. The van der Waals surface area contributed by atoms with E-state index in [4.69, 9.17) is 21.6 Å². The van der Waals surface area contributed by atoms with Crippen LogP contribution in [0, 0.1) is 5.82 Å². The van der Waals surface area contributed by atoms with Crippen molar-refractivity contribution >= 4 is 34.3 Å². The highest BCUT2D eigenvalue weighted by molar-refractivity contribution is 6.35. The summed E-state index contributed by atoms with van der Waals surface area (Å²) in [6, 6.07) is 12.2. The van der Waals surface area contributed by atoms with Gasteiger partial charge in [0, 0.05) is 25.0 Å². The van der Waals surface area contributed by atoms with Crippen molar-refractivity contribution in [2.75, 3.05) is 23.3 Å². The molecule has 2 aromatic carbocycles. The molecule has 1 aromatic heterocycles. The maximum atomic E-state index is 13.1. The number of aromatic nitrogens is 2. The minimum Gasteiger partial charge on any atom is -0.365 e. The maximum Gasteiger partial charge on any atom is 0.227 e. The highest BCUT2D eigenvalue weighted by Gasteiger charge is 2.17. The number of fused-ring (bicyclic) bond motifs is 1. The van der Waals surface area contributed by atoms with Gasteiger partial charge in [-0.1, -0.05) is 29.8 Å². The van der Waals surface area contributed by atoms with Crippen molar-refractivity contribution < 1.29 is 4.39 Å². The van der Waals surface area contributed by atoms with Gasteiger partial charge in [-0.15, -0.1) is 0 Å². The third-order valence-electron chi connectivity index (χ3n) is 4.68. The Hall–Kier alpha value is -2.40. The third kappa shape index (κ3) is 3.58. The number of hydrogen-bond acceptors (Lipinski definition) is 4. The molecule has 4 nitrogen and oxygen atoms in total. The molecule has 0 amide bonds. The van der Waals surface area contributed by atoms with Crippen LogP contribution in [0.25, 0.3) is 10.9 Å². The summed E-state index contributed by atoms with van der Waals surface area (Å²) < 4.78 is 13.1. The van der Waals surface area contributed by atoms with E-state index >= 15 is 0 Å². The number of halogens is 2. The summed E-state index contributed by atoms with van der Waals surface area (Å²) in [5, 5.41) is 4.88. The van der Waals surface area contributed by atoms with E-state index in [-0.39, 0.29) is 5.82 Å². The van der Waals surface area contributed by atoms with Crippen LogP contribution < -0.4 is 10.2 Å². The molecule has 0 bridgehead atoms. The predicted molar refractivity (Wildman–Crippen MR) is 104 cm³/mol. The molecule has 1 aliphatic heterocycles. The highest BCUT2D eigenvalue weighted by atomic mass is 35.5. The molecule has 0 saturated carbocycles. The molecule has 4 rings (SSSR count). The van der Waals surface area contributed by atoms with Crippen molar-refractivity contribution in [3.63, 3.8) is 0 Å². The van der Waals surface area contributed by atoms with Crippen molar-refractivity contribution in [3.05, 3.63) is 58.9 Å². The van der Waals surface area contributed by atoms with E-state index in [2.05, 4.69) is 10.2 Å². The van der Waals surface area contributed by atoms with Gasteiger partial charge in [-0.3, -0.25) is 0 Å². The van der Waals surface area contributed by atoms with Gasteiger partial charge in [0.05, 0.1) is 10.5 Å². The lowest BCUT2D eigenvalue weighted by Crippen LogP contribution is -2.31. The summed E-state index contributed by atoms with van der Waals surface area (Å²) in [5.74, 6) is 1.23. The Balaban J connectivity index is 1.69. The minimum absolute atomic E-state index is 0.236. The zero-order valence-corrected chi connectivity index (χ0v) is 15.1. The van der Waals surface area contributed by atoms with E-state index < -0.39 is 0 Å². The van der Waals surface area contributed by atoms with E-state index in [1.54, 1.807) is 12.1 Å². The van der Waals surface area contributed by atoms with E-state index in [1.807, 2.05) is 18.2 Å². The van der Waals surface area contributed by atoms with Crippen molar-refractivity contribution in [2.24, 2.45) is 0 Å². The number of nitrogens with zero attached hydrogens (tertiary/aromatic N) is 3. The molecule has 2 heterocycles. The Kier molecular flexibility index (Phi) is 4.89. The second-order valence-electron chi connectivity index (χ2n) is 6.54. The third-order valence-corrected chi connectivity index (χ3v) is 4.98. The van der Waals surface area contributed by atoms with E-state index in [9.17, 15) is 4.39 Å². The van der Waals surface area contributed by atoms with Crippen molar-refractivity contribution in [1.29, 1.82) is 0 Å². The first-order valence-electron chi connectivity index (χ1n) is 8.90. The topological polar surface area (TPSA) is 41.1 Å². The molecule has 1 N–H and O–H groups in total. The van der Waals surface area contributed by atoms with Crippen LogP contribution in [-0.2, 0) is 6.54 Å².